The molecule has 30 heavy (non-hydrogen) atoms. The van der Waals surface area contributed by atoms with Crippen LogP contribution in [-0.2, 0) is 23.7 Å². The van der Waals surface area contributed by atoms with Gasteiger partial charge in [0.25, 0.3) is 0 Å². The van der Waals surface area contributed by atoms with E-state index >= 15 is 0 Å². The molecular weight excluding hydrogens is 430 g/mol. The Balaban J connectivity index is -0.0000000177. The van der Waals surface area contributed by atoms with Crippen LogP contribution in [0.25, 0.3) is 0 Å². The van der Waals surface area contributed by atoms with E-state index in [0.717, 1.165) is 33.2 Å². The third kappa shape index (κ3) is 242. The van der Waals surface area contributed by atoms with Crippen molar-refractivity contribution in [2.75, 3.05) is 0 Å². The van der Waals surface area contributed by atoms with Crippen LogP contribution in [0.3, 0.4) is 0 Å². The van der Waals surface area contributed by atoms with E-state index in [1.807, 2.05) is 13.8 Å². The summed E-state index contributed by atoms with van der Waals surface area (Å²) in [5, 5.41) is 16.7. The molecule has 0 aromatic rings. The minimum absolute atomic E-state index is 0. The van der Waals surface area contributed by atoms with E-state index in [4.69, 9.17) is 13.5 Å². The molecule has 0 aliphatic carbocycles. The number of hydrogen-bond acceptors (Lipinski definition) is 3. The molecule has 3 nitrogen and oxygen atoms in total. The first-order valence-electron chi connectivity index (χ1n) is 10.9. The fourth-order valence-electron chi connectivity index (χ4n) is 0. The van der Waals surface area contributed by atoms with Gasteiger partial charge in [-0.2, -0.15) is 53.4 Å². The summed E-state index contributed by atoms with van der Waals surface area (Å²) in [7, 11) is 0. The quantitative estimate of drug-likeness (QED) is 0.445. The number of unbranched alkanes of at least 4 members (excludes halogenated alkanes) is 4. The van der Waals surface area contributed by atoms with Crippen LogP contribution < -0.4 is 59.1 Å². The molecule has 0 aliphatic rings. The van der Waals surface area contributed by atoms with Crippen LogP contribution in [0.15, 0.2) is 0 Å². The van der Waals surface area contributed by atoms with E-state index in [1.165, 1.54) is 25.7 Å². The van der Waals surface area contributed by atoms with Crippen LogP contribution in [0.2, 0.25) is 0 Å². The molecule has 182 valence electrons. The Labute approximate surface area is 253 Å². The molecule has 2 atom stereocenters. The predicted octanol–water partition coefficient (Wildman–Crippen LogP) is 2.15. The zero-order valence-corrected chi connectivity index (χ0v) is 29.1. The van der Waals surface area contributed by atoms with Crippen molar-refractivity contribution >= 4 is 0 Å². The molecule has 0 fully saturated rings. The fourth-order valence-corrected chi connectivity index (χ4v) is 0. The van der Waals surface area contributed by atoms with E-state index in [2.05, 4.69) is 81.1 Å². The first-order valence-corrected chi connectivity index (χ1v) is 11.5. The van der Waals surface area contributed by atoms with Crippen molar-refractivity contribution in [3.05, 3.63) is 25.7 Å². The topological polar surface area (TPSA) is 57.5 Å². The maximum atomic E-state index is 8.36. The van der Waals surface area contributed by atoms with Crippen molar-refractivity contribution in [1.29, 1.82) is 0 Å². The molecule has 6 heteroatoms. The van der Waals surface area contributed by atoms with Crippen molar-refractivity contribution in [3.63, 3.8) is 0 Å². The first-order chi connectivity index (χ1) is 13.2. The van der Waals surface area contributed by atoms with E-state index in [0.29, 0.717) is 0 Å². The Morgan fingerprint density at radius 1 is 0.600 bits per heavy atom. The van der Waals surface area contributed by atoms with E-state index in [-0.39, 0.29) is 74.2 Å². The standard InChI is InChI=1S/2C4H10O.4C4H9.2Na.O.Ti.2H/c2*1-3-4(2)5;4*1-3-4-2;;;;;;/h2*4-5H,3H2,1-2H3;4*3H,4H2,1-2H3;;;;;;/q;;4*-1;2*+1;;;2*-1. The molecule has 0 spiro atoms. The Bertz CT molecular complexity index is 144. The molecule has 0 bridgehead atoms. The summed E-state index contributed by atoms with van der Waals surface area (Å²) in [6.45, 7) is 24.2. The molecule has 0 radical (unpaired) electrons. The molecule has 0 amide bonds. The second-order valence-electron chi connectivity index (χ2n) is 5.78. The van der Waals surface area contributed by atoms with Gasteiger partial charge >= 0.3 is 82.8 Å². The normalized spacial score (nSPS) is 9.10. The van der Waals surface area contributed by atoms with Gasteiger partial charge in [-0.25, -0.2) is 0 Å². The Morgan fingerprint density at radius 3 is 0.667 bits per heavy atom. The summed E-state index contributed by atoms with van der Waals surface area (Å²) in [5.41, 5.74) is 0. The van der Waals surface area contributed by atoms with Crippen molar-refractivity contribution < 1.29 is 95.9 Å². The molecule has 2 unspecified atom stereocenters. The van der Waals surface area contributed by atoms with Gasteiger partial charge in [0, 0.05) is 0 Å². The summed E-state index contributed by atoms with van der Waals surface area (Å²) in [5.74, 6) is 0. The average Bonchev–Trinajstić information content (AvgIpc) is 2.75. The van der Waals surface area contributed by atoms with Gasteiger partial charge < -0.3 is 38.7 Å². The third-order valence-corrected chi connectivity index (χ3v) is 2.81. The second-order valence-corrected chi connectivity index (χ2v) is 5.78. The van der Waals surface area contributed by atoms with Crippen molar-refractivity contribution in [1.82, 2.24) is 0 Å². The number of hydrogen-bond donors (Lipinski definition) is 2. The summed E-state index contributed by atoms with van der Waals surface area (Å²) in [4.78, 5) is 0. The maximum absolute atomic E-state index is 8.36. The Morgan fingerprint density at radius 2 is 0.667 bits per heavy atom. The van der Waals surface area contributed by atoms with Gasteiger partial charge in [0.15, 0.2) is 0 Å². The number of aliphatic hydroxyl groups is 2. The van der Waals surface area contributed by atoms with Crippen LogP contribution in [0.4, 0.5) is 0 Å². The molecular formula is C24H58Na2O3Ti-4. The average molecular weight is 489 g/mol. The molecule has 0 aliphatic heterocycles. The fraction of sp³-hybridized carbons (Fsp3) is 0.833. The van der Waals surface area contributed by atoms with Gasteiger partial charge in [-0.3, -0.25) is 0 Å². The second kappa shape index (κ2) is 85.7. The van der Waals surface area contributed by atoms with Crippen molar-refractivity contribution in [3.8, 4) is 0 Å². The van der Waals surface area contributed by atoms with Crippen LogP contribution in [0.1, 0.15) is 124 Å². The van der Waals surface area contributed by atoms with Gasteiger partial charge in [-0.15, -0.1) is 0 Å². The molecule has 0 saturated carbocycles. The van der Waals surface area contributed by atoms with E-state index in [1.54, 1.807) is 13.8 Å². The Hall–Kier alpha value is 2.43. The van der Waals surface area contributed by atoms with E-state index < -0.39 is 0 Å². The predicted molar refractivity (Wildman–Crippen MR) is 128 cm³/mol. The summed E-state index contributed by atoms with van der Waals surface area (Å²) in [6.07, 6.45) is 14.8. The SMILES string of the molecule is CCC(C)O.CCC(C)O.C[CH-]CC.C[CH-]CC.C[CH-]CC.C[CH-]CC.[H-].[H-].[Na+].[Na+].[O]=[Ti]. The molecule has 0 saturated heterocycles. The van der Waals surface area contributed by atoms with Crippen LogP contribution >= 0.6 is 0 Å². The number of aliphatic hydroxyl groups excluding tert-OH is 2. The molecule has 0 aromatic heterocycles. The molecule has 0 aromatic carbocycles. The zero-order chi connectivity index (χ0) is 24.2. The van der Waals surface area contributed by atoms with Gasteiger partial charge in [0.05, 0.1) is 12.2 Å². The molecule has 0 heterocycles. The van der Waals surface area contributed by atoms with Crippen LogP contribution in [0, 0.1) is 25.7 Å². The van der Waals surface area contributed by atoms with Gasteiger partial charge in [-0.05, 0) is 26.7 Å². The van der Waals surface area contributed by atoms with E-state index in [9.17, 15) is 0 Å². The summed E-state index contributed by atoms with van der Waals surface area (Å²) >= 11 is 0.750. The third-order valence-electron chi connectivity index (χ3n) is 2.81. The zero-order valence-electron chi connectivity index (χ0n) is 25.5. The van der Waals surface area contributed by atoms with Crippen molar-refractivity contribution in [2.24, 2.45) is 0 Å². The van der Waals surface area contributed by atoms with Crippen molar-refractivity contribution in [2.45, 2.75) is 134 Å². The van der Waals surface area contributed by atoms with Gasteiger partial charge in [0.1, 0.15) is 0 Å². The Kier molecular flexibility index (Phi) is 167. The number of rotatable bonds is 6. The van der Waals surface area contributed by atoms with Gasteiger partial charge in [-0.1, -0.05) is 41.5 Å². The summed E-state index contributed by atoms with van der Waals surface area (Å²) in [6, 6.07) is 0. The van der Waals surface area contributed by atoms with Crippen LogP contribution in [-0.4, -0.2) is 22.4 Å². The summed E-state index contributed by atoms with van der Waals surface area (Å²) < 4.78 is 8.25. The minimum atomic E-state index is -0.116. The first kappa shape index (κ1) is 58.4. The monoisotopic (exact) mass is 488 g/mol. The van der Waals surface area contributed by atoms with Crippen LogP contribution in [0.5, 0.6) is 0 Å². The molecule has 2 N–H and O–H groups in total. The van der Waals surface area contributed by atoms with Gasteiger partial charge in [0.2, 0.25) is 0 Å². The molecule has 0 rings (SSSR count).